The Morgan fingerprint density at radius 1 is 1.40 bits per heavy atom. The van der Waals surface area contributed by atoms with Crippen LogP contribution in [0.2, 0.25) is 0 Å². The van der Waals surface area contributed by atoms with Gasteiger partial charge in [0.1, 0.15) is 5.75 Å². The average molecular weight is 276 g/mol. The van der Waals surface area contributed by atoms with E-state index < -0.39 is 0 Å². The fourth-order valence-corrected chi connectivity index (χ4v) is 3.38. The molecular formula is C17H28N2O. The van der Waals surface area contributed by atoms with Gasteiger partial charge in [-0.15, -0.1) is 0 Å². The zero-order valence-corrected chi connectivity index (χ0v) is 13.2. The largest absolute Gasteiger partial charge is 0.496 e. The molecule has 0 radical (unpaired) electrons. The van der Waals surface area contributed by atoms with Crippen molar-refractivity contribution in [2.45, 2.75) is 45.7 Å². The van der Waals surface area contributed by atoms with Crippen molar-refractivity contribution in [2.75, 3.05) is 20.2 Å². The van der Waals surface area contributed by atoms with Crippen molar-refractivity contribution >= 4 is 0 Å². The van der Waals surface area contributed by atoms with Crippen LogP contribution in [-0.2, 0) is 0 Å². The second-order valence-electron chi connectivity index (χ2n) is 6.08. The third kappa shape index (κ3) is 2.99. The van der Waals surface area contributed by atoms with Crippen LogP contribution in [0.15, 0.2) is 18.2 Å². The Bertz CT molecular complexity index is 447. The van der Waals surface area contributed by atoms with Crippen molar-refractivity contribution in [2.24, 2.45) is 11.7 Å². The van der Waals surface area contributed by atoms with E-state index in [4.69, 9.17) is 10.5 Å². The van der Waals surface area contributed by atoms with Crippen molar-refractivity contribution in [1.29, 1.82) is 0 Å². The molecule has 20 heavy (non-hydrogen) atoms. The Kier molecular flexibility index (Phi) is 5.06. The lowest BCUT2D eigenvalue weighted by Crippen LogP contribution is -2.46. The van der Waals surface area contributed by atoms with Gasteiger partial charge in [0, 0.05) is 18.6 Å². The van der Waals surface area contributed by atoms with E-state index in [0.717, 1.165) is 18.2 Å². The number of nitrogens with two attached hydrogens (primary N) is 1. The number of hydrogen-bond donors (Lipinski definition) is 1. The summed E-state index contributed by atoms with van der Waals surface area (Å²) in [6, 6.07) is 7.36. The maximum Gasteiger partial charge on any atom is 0.121 e. The van der Waals surface area contributed by atoms with Gasteiger partial charge in [0.2, 0.25) is 0 Å². The van der Waals surface area contributed by atoms with E-state index in [9.17, 15) is 0 Å². The highest BCUT2D eigenvalue weighted by molar-refractivity contribution is 5.37. The Labute approximate surface area is 123 Å². The number of rotatable bonds is 4. The summed E-state index contributed by atoms with van der Waals surface area (Å²) in [4.78, 5) is 2.58. The molecule has 1 heterocycles. The molecule has 1 aliphatic heterocycles. The highest BCUT2D eigenvalue weighted by Gasteiger charge is 2.30. The van der Waals surface area contributed by atoms with Gasteiger partial charge in [-0.05, 0) is 56.3 Å². The summed E-state index contributed by atoms with van der Waals surface area (Å²) in [5, 5.41) is 0. The van der Waals surface area contributed by atoms with Gasteiger partial charge < -0.3 is 10.5 Å². The minimum atomic E-state index is 0.317. The Hall–Kier alpha value is -1.06. The van der Waals surface area contributed by atoms with Crippen molar-refractivity contribution in [3.8, 4) is 5.75 Å². The van der Waals surface area contributed by atoms with Crippen LogP contribution in [0.5, 0.6) is 5.75 Å². The summed E-state index contributed by atoms with van der Waals surface area (Å²) in [7, 11) is 1.72. The van der Waals surface area contributed by atoms with Gasteiger partial charge in [-0.2, -0.15) is 0 Å². The van der Waals surface area contributed by atoms with E-state index in [1.807, 2.05) is 0 Å². The molecule has 2 N–H and O–H groups in total. The molecule has 0 saturated carbocycles. The molecule has 3 unspecified atom stereocenters. The molecule has 1 aromatic carbocycles. The number of piperidine rings is 1. The number of aryl methyl sites for hydroxylation is 1. The van der Waals surface area contributed by atoms with Crippen molar-refractivity contribution in [3.63, 3.8) is 0 Å². The monoisotopic (exact) mass is 276 g/mol. The first-order valence-corrected chi connectivity index (χ1v) is 7.68. The molecule has 0 spiro atoms. The number of benzene rings is 1. The van der Waals surface area contributed by atoms with Crippen LogP contribution in [0.25, 0.3) is 0 Å². The van der Waals surface area contributed by atoms with Crippen molar-refractivity contribution in [1.82, 2.24) is 4.90 Å². The fourth-order valence-electron chi connectivity index (χ4n) is 3.38. The normalized spacial score (nSPS) is 25.4. The molecule has 1 saturated heterocycles. The van der Waals surface area contributed by atoms with E-state index in [-0.39, 0.29) is 0 Å². The minimum Gasteiger partial charge on any atom is -0.496 e. The predicted octanol–water partition coefficient (Wildman–Crippen LogP) is 3.12. The number of nitrogens with zero attached hydrogens (tertiary/aromatic N) is 1. The molecule has 3 nitrogen and oxygen atoms in total. The molecular weight excluding hydrogens is 248 g/mol. The lowest BCUT2D eigenvalue weighted by Gasteiger charge is -2.43. The first kappa shape index (κ1) is 15.3. The van der Waals surface area contributed by atoms with E-state index in [1.165, 1.54) is 24.0 Å². The minimum absolute atomic E-state index is 0.317. The molecule has 1 aromatic rings. The lowest BCUT2D eigenvalue weighted by molar-refractivity contribution is 0.0709. The highest BCUT2D eigenvalue weighted by Crippen LogP contribution is 2.32. The van der Waals surface area contributed by atoms with E-state index in [1.54, 1.807) is 7.11 Å². The van der Waals surface area contributed by atoms with Gasteiger partial charge in [0.05, 0.1) is 7.11 Å². The van der Waals surface area contributed by atoms with E-state index in [2.05, 4.69) is 43.9 Å². The first-order valence-electron chi connectivity index (χ1n) is 7.68. The molecule has 0 aromatic heterocycles. The van der Waals surface area contributed by atoms with Crippen LogP contribution in [-0.4, -0.2) is 31.1 Å². The van der Waals surface area contributed by atoms with Crippen LogP contribution >= 0.6 is 0 Å². The fraction of sp³-hybridized carbons (Fsp3) is 0.647. The summed E-state index contributed by atoms with van der Waals surface area (Å²) < 4.78 is 5.35. The number of ether oxygens (including phenoxy) is 1. The topological polar surface area (TPSA) is 38.5 Å². The number of likely N-dealkylation sites (tertiary alicyclic amines) is 1. The number of hydrogen-bond acceptors (Lipinski definition) is 3. The molecule has 112 valence electrons. The summed E-state index contributed by atoms with van der Waals surface area (Å²) in [5.41, 5.74) is 8.58. The second-order valence-corrected chi connectivity index (χ2v) is 6.08. The Balaban J connectivity index is 2.25. The van der Waals surface area contributed by atoms with Gasteiger partial charge in [0.15, 0.2) is 0 Å². The highest BCUT2D eigenvalue weighted by atomic mass is 16.5. The van der Waals surface area contributed by atoms with Crippen molar-refractivity contribution in [3.05, 3.63) is 29.3 Å². The van der Waals surface area contributed by atoms with E-state index >= 15 is 0 Å². The van der Waals surface area contributed by atoms with Crippen LogP contribution < -0.4 is 10.5 Å². The molecule has 0 aliphatic carbocycles. The maximum atomic E-state index is 6.09. The Morgan fingerprint density at radius 3 is 2.75 bits per heavy atom. The van der Waals surface area contributed by atoms with Gasteiger partial charge in [-0.25, -0.2) is 0 Å². The van der Waals surface area contributed by atoms with Gasteiger partial charge in [-0.1, -0.05) is 19.1 Å². The van der Waals surface area contributed by atoms with Crippen LogP contribution in [0, 0.1) is 12.8 Å². The lowest BCUT2D eigenvalue weighted by atomic mass is 9.89. The average Bonchev–Trinajstić information content (AvgIpc) is 2.44. The smallest absolute Gasteiger partial charge is 0.121 e. The second kappa shape index (κ2) is 6.59. The summed E-state index contributed by atoms with van der Waals surface area (Å²) in [6.45, 7) is 8.60. The van der Waals surface area contributed by atoms with Crippen LogP contribution in [0.4, 0.5) is 0 Å². The molecule has 0 amide bonds. The van der Waals surface area contributed by atoms with Gasteiger partial charge >= 0.3 is 0 Å². The zero-order valence-electron chi connectivity index (χ0n) is 13.2. The summed E-state index contributed by atoms with van der Waals surface area (Å²) in [6.07, 6.45) is 2.60. The summed E-state index contributed by atoms with van der Waals surface area (Å²) >= 11 is 0. The summed E-state index contributed by atoms with van der Waals surface area (Å²) in [5.74, 6) is 1.70. The SMILES string of the molecule is COc1ccc(C(CN)N2CCCC(C)C2C)cc1C. The zero-order chi connectivity index (χ0) is 14.7. The van der Waals surface area contributed by atoms with Gasteiger partial charge in [-0.3, -0.25) is 4.90 Å². The molecule has 3 heteroatoms. The third-order valence-corrected chi connectivity index (χ3v) is 4.85. The molecule has 2 rings (SSSR count). The van der Waals surface area contributed by atoms with Crippen LogP contribution in [0.1, 0.15) is 43.9 Å². The Morgan fingerprint density at radius 2 is 2.15 bits per heavy atom. The first-order chi connectivity index (χ1) is 9.58. The van der Waals surface area contributed by atoms with Crippen molar-refractivity contribution < 1.29 is 4.74 Å². The van der Waals surface area contributed by atoms with Crippen LogP contribution in [0.3, 0.4) is 0 Å². The quantitative estimate of drug-likeness (QED) is 0.918. The molecule has 0 bridgehead atoms. The standard InChI is InChI=1S/C17H28N2O/c1-12-6-5-9-19(14(12)3)16(11-18)15-7-8-17(20-4)13(2)10-15/h7-8,10,12,14,16H,5-6,9,11,18H2,1-4H3. The molecule has 3 atom stereocenters. The predicted molar refractivity (Wildman–Crippen MR) is 84.1 cm³/mol. The van der Waals surface area contributed by atoms with Gasteiger partial charge in [0.25, 0.3) is 0 Å². The molecule has 1 aliphatic rings. The van der Waals surface area contributed by atoms with E-state index in [0.29, 0.717) is 18.6 Å². The maximum absolute atomic E-state index is 6.09. The number of methoxy groups -OCH3 is 1. The third-order valence-electron chi connectivity index (χ3n) is 4.85. The molecule has 1 fully saturated rings.